The Morgan fingerprint density at radius 2 is 1.68 bits per heavy atom. The van der Waals surface area contributed by atoms with Crippen LogP contribution in [0, 0.1) is 11.6 Å². The van der Waals surface area contributed by atoms with Crippen LogP contribution in [0.15, 0.2) is 54.9 Å². The van der Waals surface area contributed by atoms with Crippen LogP contribution in [-0.4, -0.2) is 31.6 Å². The zero-order valence-electron chi connectivity index (χ0n) is 17.7. The molecule has 5 nitrogen and oxygen atoms in total. The van der Waals surface area contributed by atoms with Crippen LogP contribution in [0.1, 0.15) is 22.4 Å². The topological polar surface area (TPSA) is 57.7 Å². The third-order valence-electron chi connectivity index (χ3n) is 5.75. The standard InChI is InChI=1S/C24H18F5N5/c25-19-7-15(8-20(26)9-19)22-17(11-31-33-22)13-34-6-5-21-16(12-34)10-30-23(32-21)14-1-3-18(4-2-14)24(27,28)29/h1-4,7-11H,5-6,12-13H2,(H,31,33). The number of hydrogen-bond donors (Lipinski definition) is 1. The second-order valence-electron chi connectivity index (χ2n) is 8.13. The van der Waals surface area contributed by atoms with E-state index in [2.05, 4.69) is 25.1 Å². The number of nitrogens with zero attached hydrogens (tertiary/aromatic N) is 4. The number of fused-ring (bicyclic) bond motifs is 1. The van der Waals surface area contributed by atoms with Crippen LogP contribution in [0.5, 0.6) is 0 Å². The van der Waals surface area contributed by atoms with E-state index in [9.17, 15) is 22.0 Å². The number of hydrogen-bond acceptors (Lipinski definition) is 4. The summed E-state index contributed by atoms with van der Waals surface area (Å²) in [6.07, 6.45) is -0.429. The Bertz CT molecular complexity index is 1310. The highest BCUT2D eigenvalue weighted by molar-refractivity contribution is 5.62. The van der Waals surface area contributed by atoms with E-state index < -0.39 is 23.4 Å². The van der Waals surface area contributed by atoms with E-state index in [0.29, 0.717) is 48.7 Å². The van der Waals surface area contributed by atoms with Gasteiger partial charge in [-0.1, -0.05) is 12.1 Å². The maximum absolute atomic E-state index is 13.7. The maximum atomic E-state index is 13.7. The summed E-state index contributed by atoms with van der Waals surface area (Å²) < 4.78 is 65.7. The average Bonchev–Trinajstić information content (AvgIpc) is 3.26. The second kappa shape index (κ2) is 8.60. The normalized spacial score (nSPS) is 14.3. The van der Waals surface area contributed by atoms with Gasteiger partial charge in [-0.15, -0.1) is 0 Å². The lowest BCUT2D eigenvalue weighted by Gasteiger charge is -2.28. The van der Waals surface area contributed by atoms with Gasteiger partial charge in [-0.25, -0.2) is 18.7 Å². The smallest absolute Gasteiger partial charge is 0.294 e. The molecule has 3 heterocycles. The molecule has 0 aliphatic carbocycles. The van der Waals surface area contributed by atoms with E-state index in [1.165, 1.54) is 24.3 Å². The molecule has 34 heavy (non-hydrogen) atoms. The van der Waals surface area contributed by atoms with E-state index >= 15 is 0 Å². The number of nitrogens with one attached hydrogen (secondary N) is 1. The van der Waals surface area contributed by atoms with Gasteiger partial charge < -0.3 is 0 Å². The number of aromatic nitrogens is 4. The highest BCUT2D eigenvalue weighted by Crippen LogP contribution is 2.31. The van der Waals surface area contributed by atoms with Crippen molar-refractivity contribution in [3.8, 4) is 22.6 Å². The van der Waals surface area contributed by atoms with Crippen LogP contribution < -0.4 is 0 Å². The van der Waals surface area contributed by atoms with E-state index in [4.69, 9.17) is 0 Å². The molecule has 1 aliphatic rings. The van der Waals surface area contributed by atoms with Gasteiger partial charge in [0.2, 0.25) is 0 Å². The summed E-state index contributed by atoms with van der Waals surface area (Å²) in [4.78, 5) is 11.1. The first-order valence-electron chi connectivity index (χ1n) is 10.5. The highest BCUT2D eigenvalue weighted by atomic mass is 19.4. The molecule has 0 atom stereocenters. The van der Waals surface area contributed by atoms with Crippen molar-refractivity contribution < 1.29 is 22.0 Å². The minimum atomic E-state index is -4.39. The molecule has 0 saturated carbocycles. The first kappa shape index (κ1) is 22.1. The Hall–Kier alpha value is -3.66. The number of rotatable bonds is 4. The summed E-state index contributed by atoms with van der Waals surface area (Å²) in [5.41, 5.74) is 3.30. The van der Waals surface area contributed by atoms with Crippen LogP contribution in [0.25, 0.3) is 22.6 Å². The van der Waals surface area contributed by atoms with Crippen molar-refractivity contribution in [2.75, 3.05) is 6.54 Å². The molecule has 0 bridgehead atoms. The third kappa shape index (κ3) is 4.54. The van der Waals surface area contributed by atoms with E-state index in [-0.39, 0.29) is 0 Å². The fraction of sp³-hybridized carbons (Fsp3) is 0.208. The fourth-order valence-corrected chi connectivity index (χ4v) is 4.08. The van der Waals surface area contributed by atoms with Crippen molar-refractivity contribution in [3.63, 3.8) is 0 Å². The predicted octanol–water partition coefficient (Wildman–Crippen LogP) is 5.39. The van der Waals surface area contributed by atoms with Gasteiger partial charge in [-0.2, -0.15) is 18.3 Å². The van der Waals surface area contributed by atoms with Crippen molar-refractivity contribution in [2.24, 2.45) is 0 Å². The molecule has 5 rings (SSSR count). The van der Waals surface area contributed by atoms with Crippen molar-refractivity contribution >= 4 is 0 Å². The molecule has 1 aliphatic heterocycles. The largest absolute Gasteiger partial charge is 0.416 e. The molecule has 0 fully saturated rings. The van der Waals surface area contributed by atoms with Gasteiger partial charge in [0.05, 0.1) is 23.1 Å². The van der Waals surface area contributed by atoms with Gasteiger partial charge in [-0.3, -0.25) is 10.00 Å². The number of H-pyrrole nitrogens is 1. The summed E-state index contributed by atoms with van der Waals surface area (Å²) in [5, 5.41) is 6.86. The Labute approximate surface area is 191 Å². The van der Waals surface area contributed by atoms with E-state index in [0.717, 1.165) is 35.0 Å². The van der Waals surface area contributed by atoms with Crippen molar-refractivity contribution in [1.82, 2.24) is 25.1 Å². The zero-order chi connectivity index (χ0) is 23.9. The van der Waals surface area contributed by atoms with Gasteiger partial charge in [0.25, 0.3) is 0 Å². The Morgan fingerprint density at radius 3 is 2.38 bits per heavy atom. The molecule has 10 heteroatoms. The predicted molar refractivity (Wildman–Crippen MR) is 114 cm³/mol. The molecule has 174 valence electrons. The molecule has 0 radical (unpaired) electrons. The van der Waals surface area contributed by atoms with Crippen LogP contribution in [0.2, 0.25) is 0 Å². The minimum Gasteiger partial charge on any atom is -0.294 e. The average molecular weight is 471 g/mol. The van der Waals surface area contributed by atoms with E-state index in [1.807, 2.05) is 0 Å². The van der Waals surface area contributed by atoms with Crippen molar-refractivity contribution in [3.05, 3.63) is 88.9 Å². The summed E-state index contributed by atoms with van der Waals surface area (Å²) in [6, 6.07) is 8.11. The minimum absolute atomic E-state index is 0.381. The third-order valence-corrected chi connectivity index (χ3v) is 5.75. The molecule has 2 aromatic heterocycles. The van der Waals surface area contributed by atoms with Crippen LogP contribution in [-0.2, 0) is 25.7 Å². The van der Waals surface area contributed by atoms with Crippen LogP contribution in [0.4, 0.5) is 22.0 Å². The lowest BCUT2D eigenvalue weighted by molar-refractivity contribution is -0.137. The molecule has 0 unspecified atom stereocenters. The van der Waals surface area contributed by atoms with Crippen LogP contribution >= 0.6 is 0 Å². The molecule has 1 N–H and O–H groups in total. The molecule has 0 spiro atoms. The Balaban J connectivity index is 1.32. The molecular formula is C24H18F5N5. The first-order valence-corrected chi connectivity index (χ1v) is 10.5. The SMILES string of the molecule is Fc1cc(F)cc(-c2[nH]ncc2CN2CCc3nc(-c4ccc(C(F)(F)F)cc4)ncc3C2)c1. The Morgan fingerprint density at radius 1 is 0.941 bits per heavy atom. The molecular weight excluding hydrogens is 453 g/mol. The quantitative estimate of drug-likeness (QED) is 0.406. The zero-order valence-corrected chi connectivity index (χ0v) is 17.7. The number of alkyl halides is 3. The summed E-state index contributed by atoms with van der Waals surface area (Å²) >= 11 is 0. The first-order chi connectivity index (χ1) is 16.3. The second-order valence-corrected chi connectivity index (χ2v) is 8.13. The van der Waals surface area contributed by atoms with Gasteiger partial charge in [0.1, 0.15) is 11.6 Å². The van der Waals surface area contributed by atoms with Gasteiger partial charge in [0, 0.05) is 60.6 Å². The summed E-state index contributed by atoms with van der Waals surface area (Å²) in [5.74, 6) is -0.946. The van der Waals surface area contributed by atoms with Gasteiger partial charge >= 0.3 is 6.18 Å². The molecule has 0 amide bonds. The lowest BCUT2D eigenvalue weighted by Crippen LogP contribution is -2.31. The van der Waals surface area contributed by atoms with Crippen molar-refractivity contribution in [1.29, 1.82) is 0 Å². The number of aromatic amines is 1. The Kier molecular flexibility index (Phi) is 5.60. The molecule has 4 aromatic rings. The number of halogens is 5. The molecule has 0 saturated heterocycles. The van der Waals surface area contributed by atoms with Gasteiger partial charge in [0.15, 0.2) is 5.82 Å². The summed E-state index contributed by atoms with van der Waals surface area (Å²) in [6.45, 7) is 1.74. The monoisotopic (exact) mass is 471 g/mol. The summed E-state index contributed by atoms with van der Waals surface area (Å²) in [7, 11) is 0. The highest BCUT2D eigenvalue weighted by Gasteiger charge is 2.30. The van der Waals surface area contributed by atoms with Crippen LogP contribution in [0.3, 0.4) is 0 Å². The fourth-order valence-electron chi connectivity index (χ4n) is 4.08. The number of benzene rings is 2. The van der Waals surface area contributed by atoms with Crippen molar-refractivity contribution in [2.45, 2.75) is 25.7 Å². The maximum Gasteiger partial charge on any atom is 0.416 e. The van der Waals surface area contributed by atoms with E-state index in [1.54, 1.807) is 12.4 Å². The van der Waals surface area contributed by atoms with Gasteiger partial charge in [-0.05, 0) is 24.3 Å². The molecule has 2 aromatic carbocycles. The lowest BCUT2D eigenvalue weighted by atomic mass is 10.0.